The number of halogens is 2. The lowest BCUT2D eigenvalue weighted by Gasteiger charge is -2.29. The quantitative estimate of drug-likeness (QED) is 0.631. The largest absolute Gasteiger partial charge is 0.496 e. The van der Waals surface area contributed by atoms with Crippen molar-refractivity contribution in [3.05, 3.63) is 58.4 Å². The fraction of sp³-hybridized carbons (Fsp3) is 0.333. The van der Waals surface area contributed by atoms with E-state index in [2.05, 4.69) is 11.4 Å². The predicted octanol–water partition coefficient (Wildman–Crippen LogP) is 0.281. The van der Waals surface area contributed by atoms with Gasteiger partial charge in [-0.15, -0.1) is 0 Å². The summed E-state index contributed by atoms with van der Waals surface area (Å²) >= 11 is 5.96. The maximum atomic E-state index is 13.6. The number of carbonyl (C=O) groups excluding carboxylic acids is 1. The Morgan fingerprint density at radius 3 is 2.62 bits per heavy atom. The normalized spacial score (nSPS) is 18.7. The molecule has 0 unspecified atom stereocenters. The summed E-state index contributed by atoms with van der Waals surface area (Å²) in [6.45, 7) is 4.44. The second kappa shape index (κ2) is 9.70. The van der Waals surface area contributed by atoms with Crippen LogP contribution in [0.4, 0.5) is 10.1 Å². The second-order valence-electron chi connectivity index (χ2n) is 7.16. The number of hydrogen-bond donors (Lipinski definition) is 3. The molecule has 1 heterocycles. The maximum absolute atomic E-state index is 13.6. The van der Waals surface area contributed by atoms with Crippen LogP contribution < -0.4 is 19.9 Å². The van der Waals surface area contributed by atoms with Gasteiger partial charge < -0.3 is 19.9 Å². The zero-order valence-electron chi connectivity index (χ0n) is 16.2. The highest BCUT2D eigenvalue weighted by atomic mass is 35.5. The molecule has 0 radical (unpaired) electrons. The van der Waals surface area contributed by atoms with Gasteiger partial charge in [0, 0.05) is 5.02 Å². The van der Waals surface area contributed by atoms with Crippen molar-refractivity contribution in [3.8, 4) is 11.8 Å². The fourth-order valence-corrected chi connectivity index (χ4v) is 3.78. The second-order valence-corrected chi connectivity index (χ2v) is 7.60. The van der Waals surface area contributed by atoms with Gasteiger partial charge in [-0.3, -0.25) is 4.79 Å². The van der Waals surface area contributed by atoms with Gasteiger partial charge in [0.25, 0.3) is 5.91 Å². The third-order valence-corrected chi connectivity index (χ3v) is 5.37. The van der Waals surface area contributed by atoms with Crippen LogP contribution in [0, 0.1) is 17.1 Å². The molecule has 2 aromatic carbocycles. The van der Waals surface area contributed by atoms with Crippen LogP contribution in [0.3, 0.4) is 0 Å². The van der Waals surface area contributed by atoms with Crippen molar-refractivity contribution in [2.45, 2.75) is 6.54 Å². The van der Waals surface area contributed by atoms with Crippen molar-refractivity contribution in [2.24, 2.45) is 0 Å². The fourth-order valence-electron chi connectivity index (χ4n) is 3.60. The van der Waals surface area contributed by atoms with E-state index in [1.54, 1.807) is 31.4 Å². The zero-order valence-corrected chi connectivity index (χ0v) is 17.0. The molecule has 1 fully saturated rings. The molecule has 1 aliphatic rings. The standard InChI is InChI=1S/C21H22ClFN4O2/c1-29-20-5-4-18(23)10-16(20)13-26-6-8-27(9-7-26)14-21(28)25-19-11-17(22)3-2-15(19)12-24/h2-5,10-11H,6-9,13-14H2,1H3,(H,25,28)/p+2. The number of quaternary nitrogens is 2. The summed E-state index contributed by atoms with van der Waals surface area (Å²) in [5, 5.41) is 12.4. The third kappa shape index (κ3) is 5.67. The number of nitrogens with zero attached hydrogens (tertiary/aromatic N) is 1. The first-order valence-electron chi connectivity index (χ1n) is 9.47. The van der Waals surface area contributed by atoms with Crippen molar-refractivity contribution in [2.75, 3.05) is 45.2 Å². The Morgan fingerprint density at radius 1 is 1.21 bits per heavy atom. The minimum Gasteiger partial charge on any atom is -0.496 e. The zero-order chi connectivity index (χ0) is 20.8. The van der Waals surface area contributed by atoms with Crippen LogP contribution in [0.5, 0.6) is 5.75 Å². The van der Waals surface area contributed by atoms with Crippen LogP contribution >= 0.6 is 11.6 Å². The minimum absolute atomic E-state index is 0.144. The molecule has 29 heavy (non-hydrogen) atoms. The molecule has 0 aliphatic carbocycles. The van der Waals surface area contributed by atoms with Crippen LogP contribution in [0.15, 0.2) is 36.4 Å². The van der Waals surface area contributed by atoms with Crippen LogP contribution in [0.25, 0.3) is 0 Å². The molecule has 0 atom stereocenters. The van der Waals surface area contributed by atoms with Gasteiger partial charge in [0.2, 0.25) is 0 Å². The van der Waals surface area contributed by atoms with Crippen molar-refractivity contribution in [1.82, 2.24) is 0 Å². The van der Waals surface area contributed by atoms with Gasteiger partial charge in [0.05, 0.1) is 23.9 Å². The molecule has 0 saturated carbocycles. The van der Waals surface area contributed by atoms with Gasteiger partial charge in [-0.05, 0) is 36.4 Å². The summed E-state index contributed by atoms with van der Waals surface area (Å²) in [5.74, 6) is 0.288. The van der Waals surface area contributed by atoms with Gasteiger partial charge in [-0.1, -0.05) is 11.6 Å². The summed E-state index contributed by atoms with van der Waals surface area (Å²) in [6.07, 6.45) is 0. The topological polar surface area (TPSA) is 71.0 Å². The summed E-state index contributed by atoms with van der Waals surface area (Å²) in [5.41, 5.74) is 1.68. The molecule has 1 saturated heterocycles. The highest BCUT2D eigenvalue weighted by Gasteiger charge is 2.26. The smallest absolute Gasteiger partial charge is 0.279 e. The molecule has 1 aliphatic heterocycles. The van der Waals surface area contributed by atoms with Gasteiger partial charge in [-0.2, -0.15) is 5.26 Å². The Hall–Kier alpha value is -2.66. The number of methoxy groups -OCH3 is 1. The Kier molecular flexibility index (Phi) is 7.04. The van der Waals surface area contributed by atoms with Gasteiger partial charge in [0.15, 0.2) is 6.54 Å². The summed E-state index contributed by atoms with van der Waals surface area (Å²) < 4.78 is 18.9. The molecule has 6 nitrogen and oxygen atoms in total. The van der Waals surface area contributed by atoms with E-state index in [1.807, 2.05) is 0 Å². The van der Waals surface area contributed by atoms with E-state index >= 15 is 0 Å². The molecule has 152 valence electrons. The lowest BCUT2D eigenvalue weighted by molar-refractivity contribution is -1.02. The van der Waals surface area contributed by atoms with Crippen LogP contribution in [0.2, 0.25) is 5.02 Å². The molecule has 0 spiro atoms. The van der Waals surface area contributed by atoms with Gasteiger partial charge in [0.1, 0.15) is 50.4 Å². The molecule has 8 heteroatoms. The lowest BCUT2D eigenvalue weighted by Crippen LogP contribution is -3.28. The van der Waals surface area contributed by atoms with Gasteiger partial charge >= 0.3 is 0 Å². The van der Waals surface area contributed by atoms with E-state index in [0.29, 0.717) is 35.1 Å². The van der Waals surface area contributed by atoms with Crippen LogP contribution in [-0.4, -0.2) is 45.7 Å². The van der Waals surface area contributed by atoms with E-state index in [-0.39, 0.29) is 11.7 Å². The van der Waals surface area contributed by atoms with Crippen LogP contribution in [-0.2, 0) is 11.3 Å². The number of anilines is 1. The SMILES string of the molecule is COc1ccc(F)cc1C[NH+]1CC[NH+](CC(=O)Nc2cc(Cl)ccc2C#N)CC1. The van der Waals surface area contributed by atoms with E-state index in [4.69, 9.17) is 21.6 Å². The van der Waals surface area contributed by atoms with Crippen molar-refractivity contribution in [1.29, 1.82) is 5.26 Å². The van der Waals surface area contributed by atoms with Crippen molar-refractivity contribution >= 4 is 23.2 Å². The van der Waals surface area contributed by atoms with Crippen molar-refractivity contribution < 1.29 is 23.7 Å². The van der Waals surface area contributed by atoms with E-state index < -0.39 is 0 Å². The molecule has 3 rings (SSSR count). The number of amides is 1. The number of nitrogens with one attached hydrogen (secondary N) is 3. The van der Waals surface area contributed by atoms with E-state index in [0.717, 1.165) is 31.7 Å². The molecule has 0 bridgehead atoms. The summed E-state index contributed by atoms with van der Waals surface area (Å²) in [6, 6.07) is 11.4. The van der Waals surface area contributed by atoms with E-state index in [1.165, 1.54) is 21.9 Å². The average molecular weight is 419 g/mol. The van der Waals surface area contributed by atoms with Crippen molar-refractivity contribution in [3.63, 3.8) is 0 Å². The first-order chi connectivity index (χ1) is 14.0. The highest BCUT2D eigenvalue weighted by molar-refractivity contribution is 6.31. The van der Waals surface area contributed by atoms with Gasteiger partial charge in [-0.25, -0.2) is 4.39 Å². The Balaban J connectivity index is 1.51. The first kappa shape index (κ1) is 21.1. The number of benzene rings is 2. The minimum atomic E-state index is -0.265. The number of carbonyl (C=O) groups is 1. The number of ether oxygens (including phenoxy) is 1. The monoisotopic (exact) mass is 418 g/mol. The van der Waals surface area contributed by atoms with Crippen LogP contribution in [0.1, 0.15) is 11.1 Å². The number of nitriles is 1. The number of rotatable bonds is 6. The molecule has 1 amide bonds. The highest BCUT2D eigenvalue weighted by Crippen LogP contribution is 2.20. The summed E-state index contributed by atoms with van der Waals surface area (Å²) in [4.78, 5) is 14.9. The predicted molar refractivity (Wildman–Crippen MR) is 108 cm³/mol. The molecular formula is C21H24ClFN4O2+2. The number of piperazine rings is 1. The number of hydrogen-bond acceptors (Lipinski definition) is 3. The Morgan fingerprint density at radius 2 is 1.93 bits per heavy atom. The maximum Gasteiger partial charge on any atom is 0.279 e. The molecule has 2 aromatic rings. The Labute approximate surface area is 174 Å². The molecule has 0 aromatic heterocycles. The third-order valence-electron chi connectivity index (χ3n) is 5.13. The lowest BCUT2D eigenvalue weighted by atomic mass is 10.1. The summed E-state index contributed by atoms with van der Waals surface area (Å²) in [7, 11) is 1.59. The molecular weight excluding hydrogens is 395 g/mol. The first-order valence-corrected chi connectivity index (χ1v) is 9.85. The average Bonchev–Trinajstić information content (AvgIpc) is 2.70. The Bertz CT molecular complexity index is 923. The van der Waals surface area contributed by atoms with E-state index in [9.17, 15) is 9.18 Å². The molecule has 3 N–H and O–H groups in total.